The van der Waals surface area contributed by atoms with Crippen molar-refractivity contribution in [2.45, 2.75) is 31.5 Å². The minimum Gasteiger partial charge on any atom is -0.380 e. The molecule has 2 N–H and O–H groups in total. The number of aryl methyl sites for hydroxylation is 1. The van der Waals surface area contributed by atoms with E-state index >= 15 is 0 Å². The molecule has 2 rings (SSSR count). The van der Waals surface area contributed by atoms with Crippen LogP contribution >= 0.6 is 0 Å². The topological polar surface area (TPSA) is 81.1 Å². The summed E-state index contributed by atoms with van der Waals surface area (Å²) in [5.41, 5.74) is 0. The fraction of sp³-hybridized carbons (Fsp3) is 0.727. The highest BCUT2D eigenvalue weighted by Crippen LogP contribution is 2.09. The molecule has 0 aliphatic carbocycles. The highest BCUT2D eigenvalue weighted by molar-refractivity contribution is 5.82. The van der Waals surface area contributed by atoms with E-state index in [2.05, 4.69) is 20.9 Å². The Morgan fingerprint density at radius 1 is 1.67 bits per heavy atom. The van der Waals surface area contributed by atoms with Gasteiger partial charge in [0.1, 0.15) is 0 Å². The first kappa shape index (κ1) is 13.0. The first-order valence-electron chi connectivity index (χ1n) is 6.17. The number of rotatable bonds is 6. The zero-order chi connectivity index (χ0) is 12.8. The predicted octanol–water partition coefficient (Wildman–Crippen LogP) is -0.839. The van der Waals surface area contributed by atoms with Gasteiger partial charge in [0.25, 0.3) is 0 Å². The minimum atomic E-state index is -0.124. The van der Waals surface area contributed by atoms with Gasteiger partial charge in [0, 0.05) is 32.9 Å². The van der Waals surface area contributed by atoms with Crippen LogP contribution in [0.15, 0.2) is 12.4 Å². The maximum atomic E-state index is 11.8. The third-order valence-corrected chi connectivity index (χ3v) is 3.08. The normalized spacial score (nSPS) is 23.2. The first-order chi connectivity index (χ1) is 8.79. The lowest BCUT2D eigenvalue weighted by atomic mass is 10.2. The highest BCUT2D eigenvalue weighted by atomic mass is 16.5. The molecule has 7 heteroatoms. The van der Waals surface area contributed by atoms with Crippen molar-refractivity contribution in [3.05, 3.63) is 12.4 Å². The van der Waals surface area contributed by atoms with Gasteiger partial charge in [-0.3, -0.25) is 9.48 Å². The molecule has 2 heterocycles. The van der Waals surface area contributed by atoms with Crippen LogP contribution in [-0.4, -0.2) is 53.2 Å². The van der Waals surface area contributed by atoms with Crippen LogP contribution in [-0.2, 0) is 16.1 Å². The van der Waals surface area contributed by atoms with Gasteiger partial charge in [0.15, 0.2) is 0 Å². The van der Waals surface area contributed by atoms with Gasteiger partial charge in [-0.25, -0.2) is 0 Å². The molecule has 2 atom stereocenters. The molecule has 1 aliphatic rings. The summed E-state index contributed by atoms with van der Waals surface area (Å²) in [5.74, 6) is 0.0492. The summed E-state index contributed by atoms with van der Waals surface area (Å²) in [7, 11) is 1.67. The average molecular weight is 253 g/mol. The lowest BCUT2D eigenvalue weighted by Crippen LogP contribution is -2.40. The van der Waals surface area contributed by atoms with E-state index in [1.165, 1.54) is 0 Å². The molecule has 0 spiro atoms. The molecular formula is C11H19N5O2. The van der Waals surface area contributed by atoms with Gasteiger partial charge in [0.05, 0.1) is 18.3 Å². The number of nitrogens with one attached hydrogen (secondary N) is 2. The number of hydrogen-bond acceptors (Lipinski definition) is 5. The van der Waals surface area contributed by atoms with Gasteiger partial charge in [-0.2, -0.15) is 0 Å². The van der Waals surface area contributed by atoms with E-state index in [0.717, 1.165) is 25.9 Å². The maximum Gasteiger partial charge on any atom is 0.237 e. The number of amides is 1. The predicted molar refractivity (Wildman–Crippen MR) is 64.9 cm³/mol. The largest absolute Gasteiger partial charge is 0.380 e. The summed E-state index contributed by atoms with van der Waals surface area (Å²) in [5, 5.41) is 13.6. The van der Waals surface area contributed by atoms with Crippen LogP contribution in [0.3, 0.4) is 0 Å². The van der Waals surface area contributed by atoms with Gasteiger partial charge in [0.2, 0.25) is 5.91 Å². The number of aromatic nitrogens is 3. The second-order valence-corrected chi connectivity index (χ2v) is 4.36. The number of carbonyl (C=O) groups excluding carboxylic acids is 1. The Bertz CT molecular complexity index is 368. The standard InChI is InChI=1S/C11H19N5O2/c1-18-9-7-10(13-8-9)11(17)12-3-2-5-16-6-4-14-15-16/h4,6,9-10,13H,2-3,5,7-8H2,1H3,(H,12,17). The number of ether oxygens (including phenoxy) is 1. The van der Waals surface area contributed by atoms with Gasteiger partial charge in [-0.15, -0.1) is 5.10 Å². The average Bonchev–Trinajstić information content (AvgIpc) is 3.05. The van der Waals surface area contributed by atoms with Crippen molar-refractivity contribution in [3.8, 4) is 0 Å². The van der Waals surface area contributed by atoms with Crippen molar-refractivity contribution in [1.82, 2.24) is 25.6 Å². The molecule has 0 radical (unpaired) electrons. The molecule has 1 saturated heterocycles. The summed E-state index contributed by atoms with van der Waals surface area (Å²) in [6.07, 6.45) is 5.19. The third kappa shape index (κ3) is 3.51. The van der Waals surface area contributed by atoms with Crippen molar-refractivity contribution in [2.75, 3.05) is 20.2 Å². The molecule has 1 aromatic heterocycles. The molecular weight excluding hydrogens is 234 g/mol. The molecule has 7 nitrogen and oxygen atoms in total. The van der Waals surface area contributed by atoms with Gasteiger partial charge >= 0.3 is 0 Å². The van der Waals surface area contributed by atoms with Crippen molar-refractivity contribution in [3.63, 3.8) is 0 Å². The summed E-state index contributed by atoms with van der Waals surface area (Å²) in [4.78, 5) is 11.8. The van der Waals surface area contributed by atoms with Gasteiger partial charge in [-0.1, -0.05) is 5.21 Å². The summed E-state index contributed by atoms with van der Waals surface area (Å²) in [6, 6.07) is -0.124. The number of hydrogen-bond donors (Lipinski definition) is 2. The third-order valence-electron chi connectivity index (χ3n) is 3.08. The molecule has 1 amide bonds. The van der Waals surface area contributed by atoms with E-state index in [-0.39, 0.29) is 18.1 Å². The number of carbonyl (C=O) groups is 1. The van der Waals surface area contributed by atoms with E-state index < -0.39 is 0 Å². The van der Waals surface area contributed by atoms with Crippen molar-refractivity contribution >= 4 is 5.91 Å². The molecule has 1 aromatic rings. The van der Waals surface area contributed by atoms with E-state index in [4.69, 9.17) is 4.74 Å². The molecule has 100 valence electrons. The van der Waals surface area contributed by atoms with Crippen molar-refractivity contribution in [2.24, 2.45) is 0 Å². The van der Waals surface area contributed by atoms with Crippen LogP contribution in [0.2, 0.25) is 0 Å². The fourth-order valence-corrected chi connectivity index (χ4v) is 2.01. The lowest BCUT2D eigenvalue weighted by Gasteiger charge is -2.11. The monoisotopic (exact) mass is 253 g/mol. The molecule has 0 bridgehead atoms. The van der Waals surface area contributed by atoms with Crippen LogP contribution in [0.4, 0.5) is 0 Å². The molecule has 1 fully saturated rings. The number of nitrogens with zero attached hydrogens (tertiary/aromatic N) is 3. The zero-order valence-electron chi connectivity index (χ0n) is 10.5. The number of methoxy groups -OCH3 is 1. The SMILES string of the molecule is COC1CNC(C(=O)NCCCn2ccnn2)C1. The molecule has 1 aliphatic heterocycles. The van der Waals surface area contributed by atoms with Gasteiger partial charge < -0.3 is 15.4 Å². The Hall–Kier alpha value is -1.47. The Kier molecular flexibility index (Phi) is 4.66. The minimum absolute atomic E-state index is 0.0492. The summed E-state index contributed by atoms with van der Waals surface area (Å²) in [6.45, 7) is 2.15. The van der Waals surface area contributed by atoms with Crippen molar-refractivity contribution in [1.29, 1.82) is 0 Å². The Morgan fingerprint density at radius 2 is 2.56 bits per heavy atom. The summed E-state index contributed by atoms with van der Waals surface area (Å²) >= 11 is 0. The Labute approximate surface area is 106 Å². The van der Waals surface area contributed by atoms with Crippen LogP contribution in [0.1, 0.15) is 12.8 Å². The zero-order valence-corrected chi connectivity index (χ0v) is 10.5. The van der Waals surface area contributed by atoms with Crippen LogP contribution in [0.25, 0.3) is 0 Å². The smallest absolute Gasteiger partial charge is 0.237 e. The maximum absolute atomic E-state index is 11.8. The highest BCUT2D eigenvalue weighted by Gasteiger charge is 2.28. The molecule has 2 unspecified atom stereocenters. The molecule has 0 aromatic carbocycles. The summed E-state index contributed by atoms with van der Waals surface area (Å²) < 4.78 is 6.96. The van der Waals surface area contributed by atoms with E-state index in [0.29, 0.717) is 6.54 Å². The molecule has 0 saturated carbocycles. The van der Waals surface area contributed by atoms with Crippen LogP contribution in [0.5, 0.6) is 0 Å². The van der Waals surface area contributed by atoms with E-state index in [1.807, 2.05) is 6.20 Å². The fourth-order valence-electron chi connectivity index (χ4n) is 2.01. The van der Waals surface area contributed by atoms with E-state index in [1.54, 1.807) is 18.0 Å². The Morgan fingerprint density at radius 3 is 3.22 bits per heavy atom. The van der Waals surface area contributed by atoms with Gasteiger partial charge in [-0.05, 0) is 12.8 Å². The molecule has 18 heavy (non-hydrogen) atoms. The second kappa shape index (κ2) is 6.46. The van der Waals surface area contributed by atoms with Crippen molar-refractivity contribution < 1.29 is 9.53 Å². The van der Waals surface area contributed by atoms with E-state index in [9.17, 15) is 4.79 Å². The Balaban J connectivity index is 1.60. The lowest BCUT2D eigenvalue weighted by molar-refractivity contribution is -0.122. The second-order valence-electron chi connectivity index (χ2n) is 4.36. The first-order valence-corrected chi connectivity index (χ1v) is 6.17. The van der Waals surface area contributed by atoms with Crippen LogP contribution in [0, 0.1) is 0 Å². The van der Waals surface area contributed by atoms with Crippen LogP contribution < -0.4 is 10.6 Å². The quantitative estimate of drug-likeness (QED) is 0.646.